The summed E-state index contributed by atoms with van der Waals surface area (Å²) in [6.45, 7) is 0.554. The van der Waals surface area contributed by atoms with E-state index in [-0.39, 0.29) is 24.2 Å². The summed E-state index contributed by atoms with van der Waals surface area (Å²) in [5, 5.41) is 14.8. The molecule has 3 aromatic rings. The third kappa shape index (κ3) is 4.16. The Morgan fingerprint density at radius 1 is 1.33 bits per heavy atom. The Morgan fingerprint density at radius 2 is 2.26 bits per heavy atom. The molecule has 27 heavy (non-hydrogen) atoms. The zero-order valence-corrected chi connectivity index (χ0v) is 15.3. The molecule has 4 rings (SSSR count). The summed E-state index contributed by atoms with van der Waals surface area (Å²) < 4.78 is 24.9. The van der Waals surface area contributed by atoms with Gasteiger partial charge in [-0.15, -0.1) is 10.2 Å². The summed E-state index contributed by atoms with van der Waals surface area (Å²) in [5.74, 6) is 1.01. The number of benzene rings is 1. The number of nitrogens with zero attached hydrogens (tertiary/aromatic N) is 2. The van der Waals surface area contributed by atoms with Gasteiger partial charge in [0.1, 0.15) is 11.6 Å². The molecule has 6 nitrogen and oxygen atoms in total. The summed E-state index contributed by atoms with van der Waals surface area (Å²) in [5.41, 5.74) is 1.55. The van der Waals surface area contributed by atoms with Gasteiger partial charge in [-0.1, -0.05) is 0 Å². The average molecular weight is 387 g/mol. The molecular weight excluding hydrogens is 369 g/mol. The second kappa shape index (κ2) is 7.87. The molecule has 1 unspecified atom stereocenters. The van der Waals surface area contributed by atoms with Gasteiger partial charge in [-0.3, -0.25) is 4.79 Å². The van der Waals surface area contributed by atoms with Gasteiger partial charge in [0.05, 0.1) is 12.6 Å². The minimum absolute atomic E-state index is 0.146. The second-order valence-electron chi connectivity index (χ2n) is 6.31. The van der Waals surface area contributed by atoms with Crippen LogP contribution in [0.1, 0.15) is 36.8 Å². The lowest BCUT2D eigenvalue weighted by Gasteiger charge is -2.18. The molecule has 1 amide bonds. The van der Waals surface area contributed by atoms with Crippen LogP contribution >= 0.6 is 11.3 Å². The van der Waals surface area contributed by atoms with Crippen molar-refractivity contribution in [3.05, 3.63) is 52.3 Å². The van der Waals surface area contributed by atoms with Crippen LogP contribution in [-0.2, 0) is 11.2 Å². The molecule has 1 aliphatic rings. The molecule has 0 bridgehead atoms. The molecule has 0 saturated carbocycles. The van der Waals surface area contributed by atoms with E-state index in [1.165, 1.54) is 12.1 Å². The highest BCUT2D eigenvalue weighted by molar-refractivity contribution is 7.08. The minimum Gasteiger partial charge on any atom is -0.493 e. The van der Waals surface area contributed by atoms with Crippen LogP contribution in [-0.4, -0.2) is 22.7 Å². The molecule has 1 atom stereocenters. The number of halogens is 1. The van der Waals surface area contributed by atoms with Gasteiger partial charge >= 0.3 is 0 Å². The monoisotopic (exact) mass is 387 g/mol. The van der Waals surface area contributed by atoms with E-state index in [9.17, 15) is 9.18 Å². The molecule has 140 valence electrons. The Labute approximate surface area is 159 Å². The van der Waals surface area contributed by atoms with Gasteiger partial charge < -0.3 is 14.5 Å². The highest BCUT2D eigenvalue weighted by Gasteiger charge is 2.22. The van der Waals surface area contributed by atoms with Crippen molar-refractivity contribution in [3.8, 4) is 17.2 Å². The van der Waals surface area contributed by atoms with Gasteiger partial charge in [0.25, 0.3) is 0 Å². The highest BCUT2D eigenvalue weighted by atomic mass is 32.1. The number of fused-ring (bicyclic) bond motifs is 1. The molecule has 3 heterocycles. The number of thiophene rings is 1. The quantitative estimate of drug-likeness (QED) is 0.718. The zero-order chi connectivity index (χ0) is 18.6. The van der Waals surface area contributed by atoms with Crippen LogP contribution in [0.5, 0.6) is 5.75 Å². The fourth-order valence-corrected chi connectivity index (χ4v) is 3.67. The molecule has 1 aliphatic heterocycles. The molecule has 8 heteroatoms. The predicted molar refractivity (Wildman–Crippen MR) is 97.9 cm³/mol. The predicted octanol–water partition coefficient (Wildman–Crippen LogP) is 3.90. The van der Waals surface area contributed by atoms with Crippen molar-refractivity contribution in [2.24, 2.45) is 0 Å². The summed E-state index contributed by atoms with van der Waals surface area (Å²) in [6, 6.07) is 6.04. The van der Waals surface area contributed by atoms with Crippen LogP contribution in [0.2, 0.25) is 0 Å². The van der Waals surface area contributed by atoms with Crippen LogP contribution in [0, 0.1) is 5.82 Å². The van der Waals surface area contributed by atoms with Crippen molar-refractivity contribution in [3.63, 3.8) is 0 Å². The molecule has 2 aromatic heterocycles. The number of hydrogen-bond acceptors (Lipinski definition) is 6. The van der Waals surface area contributed by atoms with Crippen molar-refractivity contribution in [2.45, 2.75) is 31.7 Å². The second-order valence-corrected chi connectivity index (χ2v) is 7.09. The number of hydrogen-bond donors (Lipinski definition) is 1. The smallest absolute Gasteiger partial charge is 0.248 e. The topological polar surface area (TPSA) is 77.2 Å². The first kappa shape index (κ1) is 17.7. The average Bonchev–Trinajstić information content (AvgIpc) is 3.31. The molecule has 0 fully saturated rings. The largest absolute Gasteiger partial charge is 0.493 e. The van der Waals surface area contributed by atoms with Gasteiger partial charge in [0, 0.05) is 29.3 Å². The lowest BCUT2D eigenvalue weighted by atomic mass is 10.0. The normalized spacial score (nSPS) is 16.3. The van der Waals surface area contributed by atoms with Crippen molar-refractivity contribution in [2.75, 3.05) is 6.61 Å². The first-order chi connectivity index (χ1) is 13.2. The number of rotatable bonds is 5. The Kier molecular flexibility index (Phi) is 5.15. The number of aromatic nitrogens is 2. The summed E-state index contributed by atoms with van der Waals surface area (Å²) in [6.07, 6.45) is 2.05. The summed E-state index contributed by atoms with van der Waals surface area (Å²) in [7, 11) is 0. The van der Waals surface area contributed by atoms with Gasteiger partial charge in [0.15, 0.2) is 0 Å². The molecule has 1 N–H and O–H groups in total. The van der Waals surface area contributed by atoms with E-state index in [1.54, 1.807) is 17.4 Å². The third-order valence-electron chi connectivity index (χ3n) is 4.38. The minimum atomic E-state index is -0.342. The Balaban J connectivity index is 1.38. The fourth-order valence-electron chi connectivity index (χ4n) is 3.04. The SMILES string of the molecule is O=C(CCc1nnc(-c2ccsc2)o1)NC1CCCOc2ccc(F)cc21. The summed E-state index contributed by atoms with van der Waals surface area (Å²) >= 11 is 1.55. The van der Waals surface area contributed by atoms with Crippen molar-refractivity contribution in [1.82, 2.24) is 15.5 Å². The van der Waals surface area contributed by atoms with E-state index in [4.69, 9.17) is 9.15 Å². The van der Waals surface area contributed by atoms with E-state index in [0.717, 1.165) is 12.0 Å². The van der Waals surface area contributed by atoms with Crippen molar-refractivity contribution >= 4 is 17.2 Å². The van der Waals surface area contributed by atoms with Crippen LogP contribution in [0.15, 0.2) is 39.4 Å². The number of amides is 1. The first-order valence-corrected chi connectivity index (χ1v) is 9.70. The van der Waals surface area contributed by atoms with Crippen LogP contribution in [0.4, 0.5) is 4.39 Å². The number of carbonyl (C=O) groups excluding carboxylic acids is 1. The molecule has 0 aliphatic carbocycles. The number of carbonyl (C=O) groups is 1. The van der Waals surface area contributed by atoms with E-state index in [0.29, 0.717) is 42.5 Å². The van der Waals surface area contributed by atoms with E-state index >= 15 is 0 Å². The van der Waals surface area contributed by atoms with Gasteiger partial charge in [-0.05, 0) is 42.5 Å². The first-order valence-electron chi connectivity index (χ1n) is 8.75. The Hall–Kier alpha value is -2.74. The summed E-state index contributed by atoms with van der Waals surface area (Å²) in [4.78, 5) is 12.4. The van der Waals surface area contributed by atoms with Crippen molar-refractivity contribution < 1.29 is 18.3 Å². The molecule has 1 aromatic carbocycles. The van der Waals surface area contributed by atoms with E-state index < -0.39 is 0 Å². The number of ether oxygens (including phenoxy) is 1. The Morgan fingerprint density at radius 3 is 3.11 bits per heavy atom. The van der Waals surface area contributed by atoms with Crippen LogP contribution in [0.25, 0.3) is 11.5 Å². The molecule has 0 spiro atoms. The maximum atomic E-state index is 13.6. The van der Waals surface area contributed by atoms with E-state index in [1.807, 2.05) is 16.8 Å². The molecule has 0 radical (unpaired) electrons. The number of aryl methyl sites for hydroxylation is 1. The van der Waals surface area contributed by atoms with E-state index in [2.05, 4.69) is 15.5 Å². The fraction of sp³-hybridized carbons (Fsp3) is 0.316. The van der Waals surface area contributed by atoms with Crippen LogP contribution < -0.4 is 10.1 Å². The lowest BCUT2D eigenvalue weighted by molar-refractivity contribution is -0.121. The maximum absolute atomic E-state index is 13.6. The highest BCUT2D eigenvalue weighted by Crippen LogP contribution is 2.32. The zero-order valence-electron chi connectivity index (χ0n) is 14.5. The van der Waals surface area contributed by atoms with Gasteiger partial charge in [-0.2, -0.15) is 11.3 Å². The molecular formula is C19H18FN3O3S. The molecule has 0 saturated heterocycles. The van der Waals surface area contributed by atoms with Crippen LogP contribution in [0.3, 0.4) is 0 Å². The number of nitrogens with one attached hydrogen (secondary N) is 1. The standard InChI is InChI=1S/C19H18FN3O3S/c20-13-3-4-16-14(10-13)15(2-1-8-25-16)21-17(24)5-6-18-22-23-19(26-18)12-7-9-27-11-12/h3-4,7,9-11,15H,1-2,5-6,8H2,(H,21,24). The lowest BCUT2D eigenvalue weighted by Crippen LogP contribution is -2.28. The maximum Gasteiger partial charge on any atom is 0.248 e. The van der Waals surface area contributed by atoms with Gasteiger partial charge in [-0.25, -0.2) is 4.39 Å². The third-order valence-corrected chi connectivity index (χ3v) is 5.06. The van der Waals surface area contributed by atoms with Crippen molar-refractivity contribution in [1.29, 1.82) is 0 Å². The Bertz CT molecular complexity index is 926. The van der Waals surface area contributed by atoms with Gasteiger partial charge in [0.2, 0.25) is 17.7 Å².